The van der Waals surface area contributed by atoms with Gasteiger partial charge in [0.15, 0.2) is 0 Å². The molecular weight excluding hydrogens is 309 g/mol. The van der Waals surface area contributed by atoms with Crippen LogP contribution in [0.25, 0.3) is 0 Å². The van der Waals surface area contributed by atoms with Crippen LogP contribution in [0.1, 0.15) is 5.56 Å². The molecule has 112 valence electrons. The second kappa shape index (κ2) is 7.14. The summed E-state index contributed by atoms with van der Waals surface area (Å²) in [6.07, 6.45) is 1.35. The zero-order chi connectivity index (χ0) is 15.3. The van der Waals surface area contributed by atoms with Gasteiger partial charge in [0.05, 0.1) is 23.1 Å². The number of aliphatic hydroxyl groups excluding tert-OH is 2. The molecule has 8 heteroatoms. The first-order chi connectivity index (χ1) is 9.38. The predicted octanol–water partition coefficient (Wildman–Crippen LogP) is 1.14. The molecule has 0 aliphatic heterocycles. The van der Waals surface area contributed by atoms with Crippen molar-refractivity contribution in [1.29, 1.82) is 0 Å². The van der Waals surface area contributed by atoms with E-state index in [1.165, 1.54) is 6.08 Å². The van der Waals surface area contributed by atoms with E-state index < -0.39 is 22.4 Å². The van der Waals surface area contributed by atoms with Crippen LogP contribution in [-0.4, -0.2) is 42.6 Å². The zero-order valence-electron chi connectivity index (χ0n) is 10.6. The lowest BCUT2D eigenvalue weighted by atomic mass is 10.2. The highest BCUT2D eigenvalue weighted by molar-refractivity contribution is 7.89. The monoisotopic (exact) mass is 323 g/mol. The van der Waals surface area contributed by atoms with Crippen LogP contribution in [0.3, 0.4) is 0 Å². The summed E-state index contributed by atoms with van der Waals surface area (Å²) in [6, 6.07) is 1.89. The highest BCUT2D eigenvalue weighted by Gasteiger charge is 2.25. The SMILES string of the molecule is C=CCN(CCO)S(=O)(=O)c1cc(F)c(Cl)c(CO)c1. The number of nitrogens with zero attached hydrogens (tertiary/aromatic N) is 1. The largest absolute Gasteiger partial charge is 0.395 e. The number of benzene rings is 1. The average Bonchev–Trinajstić information content (AvgIpc) is 2.41. The molecule has 0 aliphatic carbocycles. The Balaban J connectivity index is 3.33. The highest BCUT2D eigenvalue weighted by atomic mass is 35.5. The molecule has 0 atom stereocenters. The van der Waals surface area contributed by atoms with Gasteiger partial charge in [-0.05, 0) is 12.1 Å². The summed E-state index contributed by atoms with van der Waals surface area (Å²) in [5.41, 5.74) is -0.0206. The fourth-order valence-corrected chi connectivity index (χ4v) is 3.23. The smallest absolute Gasteiger partial charge is 0.243 e. The van der Waals surface area contributed by atoms with E-state index in [-0.39, 0.29) is 35.2 Å². The van der Waals surface area contributed by atoms with Crippen LogP contribution in [0.4, 0.5) is 4.39 Å². The molecule has 0 aliphatic rings. The Morgan fingerprint density at radius 3 is 2.55 bits per heavy atom. The summed E-state index contributed by atoms with van der Waals surface area (Å²) in [6.45, 7) is 2.30. The molecule has 0 heterocycles. The molecule has 1 aromatic carbocycles. The molecule has 0 bridgehead atoms. The first kappa shape index (κ1) is 17.1. The maximum absolute atomic E-state index is 13.6. The van der Waals surface area contributed by atoms with Gasteiger partial charge in [0.25, 0.3) is 0 Å². The van der Waals surface area contributed by atoms with Gasteiger partial charge < -0.3 is 10.2 Å². The maximum Gasteiger partial charge on any atom is 0.243 e. The third-order valence-corrected chi connectivity index (χ3v) is 4.83. The number of rotatable bonds is 7. The van der Waals surface area contributed by atoms with Crippen molar-refractivity contribution in [3.8, 4) is 0 Å². The Morgan fingerprint density at radius 1 is 1.40 bits per heavy atom. The molecule has 0 spiro atoms. The minimum Gasteiger partial charge on any atom is -0.395 e. The zero-order valence-corrected chi connectivity index (χ0v) is 12.2. The minimum absolute atomic E-state index is 0.0206. The van der Waals surface area contributed by atoms with Crippen LogP contribution in [0.5, 0.6) is 0 Å². The Bertz CT molecular complexity index is 591. The van der Waals surface area contributed by atoms with Crippen molar-refractivity contribution in [3.63, 3.8) is 0 Å². The normalized spacial score (nSPS) is 11.8. The summed E-state index contributed by atoms with van der Waals surface area (Å²) in [4.78, 5) is -0.334. The first-order valence-corrected chi connectivity index (χ1v) is 7.51. The third-order valence-electron chi connectivity index (χ3n) is 2.57. The molecule has 0 amide bonds. The predicted molar refractivity (Wildman–Crippen MR) is 73.4 cm³/mol. The highest BCUT2D eigenvalue weighted by Crippen LogP contribution is 2.26. The minimum atomic E-state index is -4.00. The second-order valence-corrected chi connectivity index (χ2v) is 6.23. The summed E-state index contributed by atoms with van der Waals surface area (Å²) >= 11 is 5.62. The Kier molecular flexibility index (Phi) is 6.09. The molecule has 0 aromatic heterocycles. The van der Waals surface area contributed by atoms with E-state index in [9.17, 15) is 12.8 Å². The number of sulfonamides is 1. The van der Waals surface area contributed by atoms with E-state index in [1.807, 2.05) is 0 Å². The lowest BCUT2D eigenvalue weighted by Gasteiger charge is -2.20. The Morgan fingerprint density at radius 2 is 2.05 bits per heavy atom. The quantitative estimate of drug-likeness (QED) is 0.738. The molecule has 1 aromatic rings. The van der Waals surface area contributed by atoms with Crippen molar-refractivity contribution in [2.24, 2.45) is 0 Å². The van der Waals surface area contributed by atoms with Crippen molar-refractivity contribution in [3.05, 3.63) is 41.2 Å². The van der Waals surface area contributed by atoms with Crippen molar-refractivity contribution in [2.75, 3.05) is 19.7 Å². The second-order valence-electron chi connectivity index (χ2n) is 3.91. The Labute approximate surface area is 122 Å². The fourth-order valence-electron chi connectivity index (χ4n) is 1.60. The standard InChI is InChI=1S/C12H15ClFNO4S/c1-2-3-15(4-5-16)20(18,19)10-6-9(8-17)12(13)11(14)7-10/h2,6-7,16-17H,1,3-5,8H2. The van der Waals surface area contributed by atoms with Crippen molar-refractivity contribution < 1.29 is 23.0 Å². The van der Waals surface area contributed by atoms with E-state index in [0.29, 0.717) is 0 Å². The maximum atomic E-state index is 13.6. The van der Waals surface area contributed by atoms with E-state index >= 15 is 0 Å². The molecule has 0 saturated carbocycles. The lowest BCUT2D eigenvalue weighted by molar-refractivity contribution is 0.260. The first-order valence-electron chi connectivity index (χ1n) is 5.69. The Hall–Kier alpha value is -0.990. The van der Waals surface area contributed by atoms with E-state index in [0.717, 1.165) is 16.4 Å². The van der Waals surface area contributed by atoms with Gasteiger partial charge >= 0.3 is 0 Å². The van der Waals surface area contributed by atoms with E-state index in [4.69, 9.17) is 21.8 Å². The van der Waals surface area contributed by atoms with Crippen molar-refractivity contribution in [2.45, 2.75) is 11.5 Å². The van der Waals surface area contributed by atoms with Gasteiger partial charge in [0.1, 0.15) is 5.82 Å². The van der Waals surface area contributed by atoms with Crippen LogP contribution in [0.2, 0.25) is 5.02 Å². The molecule has 1 rings (SSSR count). The summed E-state index contributed by atoms with van der Waals surface area (Å²) < 4.78 is 39.2. The van der Waals surface area contributed by atoms with Gasteiger partial charge in [-0.1, -0.05) is 17.7 Å². The molecule has 0 radical (unpaired) electrons. The summed E-state index contributed by atoms with van der Waals surface area (Å²) in [7, 11) is -4.00. The molecule has 2 N–H and O–H groups in total. The van der Waals surface area contributed by atoms with Gasteiger partial charge in [0, 0.05) is 18.7 Å². The fraction of sp³-hybridized carbons (Fsp3) is 0.333. The number of hydrogen-bond donors (Lipinski definition) is 2. The van der Waals surface area contributed by atoms with Gasteiger partial charge in [-0.3, -0.25) is 0 Å². The molecule has 0 fully saturated rings. The van der Waals surface area contributed by atoms with Crippen LogP contribution in [0.15, 0.2) is 29.7 Å². The molecule has 20 heavy (non-hydrogen) atoms. The average molecular weight is 324 g/mol. The van der Waals surface area contributed by atoms with E-state index in [2.05, 4.69) is 6.58 Å². The van der Waals surface area contributed by atoms with Crippen molar-refractivity contribution >= 4 is 21.6 Å². The molecule has 0 saturated heterocycles. The van der Waals surface area contributed by atoms with E-state index in [1.54, 1.807) is 0 Å². The third kappa shape index (κ3) is 3.56. The molecule has 0 unspecified atom stereocenters. The van der Waals surface area contributed by atoms with Gasteiger partial charge in [-0.15, -0.1) is 6.58 Å². The topological polar surface area (TPSA) is 77.8 Å². The van der Waals surface area contributed by atoms with Gasteiger partial charge in [-0.2, -0.15) is 4.31 Å². The van der Waals surface area contributed by atoms with Gasteiger partial charge in [-0.25, -0.2) is 12.8 Å². The van der Waals surface area contributed by atoms with Crippen LogP contribution in [0, 0.1) is 5.82 Å². The van der Waals surface area contributed by atoms with Crippen molar-refractivity contribution in [1.82, 2.24) is 4.31 Å². The van der Waals surface area contributed by atoms with Crippen LogP contribution < -0.4 is 0 Å². The lowest BCUT2D eigenvalue weighted by Crippen LogP contribution is -2.33. The van der Waals surface area contributed by atoms with Crippen LogP contribution >= 0.6 is 11.6 Å². The number of hydrogen-bond acceptors (Lipinski definition) is 4. The molecular formula is C12H15ClFNO4S. The number of halogens is 2. The summed E-state index contributed by atoms with van der Waals surface area (Å²) in [5, 5.41) is 17.6. The molecule has 5 nitrogen and oxygen atoms in total. The number of aliphatic hydroxyl groups is 2. The van der Waals surface area contributed by atoms with Gasteiger partial charge in [0.2, 0.25) is 10.0 Å². The van der Waals surface area contributed by atoms with Crippen LogP contribution in [-0.2, 0) is 16.6 Å². The summed E-state index contributed by atoms with van der Waals surface area (Å²) in [5.74, 6) is -0.931.